The molecule has 0 saturated carbocycles. The first-order chi connectivity index (χ1) is 12.2. The Labute approximate surface area is 149 Å². The number of hydrogen-bond acceptors (Lipinski definition) is 6. The number of pyridine rings is 1. The van der Waals surface area contributed by atoms with Crippen molar-refractivity contribution < 1.29 is 9.90 Å². The number of rotatable bonds is 6. The van der Waals surface area contributed by atoms with Crippen molar-refractivity contribution in [1.29, 1.82) is 0 Å². The largest absolute Gasteiger partial charge is 0.478 e. The zero-order valence-corrected chi connectivity index (χ0v) is 14.3. The van der Waals surface area contributed by atoms with Gasteiger partial charge in [-0.05, 0) is 42.2 Å². The highest BCUT2D eigenvalue weighted by atomic mass is 32.2. The average molecular weight is 352 g/mol. The second-order valence-corrected chi connectivity index (χ2v) is 6.04. The van der Waals surface area contributed by atoms with Crippen LogP contribution in [-0.4, -0.2) is 32.3 Å². The van der Waals surface area contributed by atoms with Crippen molar-refractivity contribution in [1.82, 2.24) is 15.0 Å². The number of nitrogens with one attached hydrogen (secondary N) is 1. The summed E-state index contributed by atoms with van der Waals surface area (Å²) in [6, 6.07) is 12.5. The lowest BCUT2D eigenvalue weighted by atomic mass is 10.1. The molecule has 0 atom stereocenters. The molecule has 0 aliphatic carbocycles. The fraction of sp³-hybridized carbons (Fsp3) is 0.111. The van der Waals surface area contributed by atoms with E-state index < -0.39 is 5.97 Å². The highest BCUT2D eigenvalue weighted by Gasteiger charge is 2.05. The Balaban J connectivity index is 1.69. The van der Waals surface area contributed by atoms with Gasteiger partial charge in [0, 0.05) is 24.5 Å². The second-order valence-electron chi connectivity index (χ2n) is 5.21. The van der Waals surface area contributed by atoms with Crippen LogP contribution in [0.1, 0.15) is 15.9 Å². The van der Waals surface area contributed by atoms with Gasteiger partial charge in [-0.1, -0.05) is 12.1 Å². The Hall–Kier alpha value is -2.93. The summed E-state index contributed by atoms with van der Waals surface area (Å²) in [6.45, 7) is 0.507. The Kier molecular flexibility index (Phi) is 5.25. The maximum absolute atomic E-state index is 10.9. The van der Waals surface area contributed by atoms with Gasteiger partial charge < -0.3 is 10.4 Å². The van der Waals surface area contributed by atoms with E-state index in [9.17, 15) is 4.79 Å². The number of thioether (sulfide) groups is 1. The minimum absolute atomic E-state index is 0.267. The van der Waals surface area contributed by atoms with Gasteiger partial charge in [0.05, 0.1) is 16.3 Å². The third-order valence-corrected chi connectivity index (χ3v) is 4.21. The molecule has 0 radical (unpaired) electrons. The fourth-order valence-electron chi connectivity index (χ4n) is 2.20. The van der Waals surface area contributed by atoms with Crippen molar-refractivity contribution in [2.45, 2.75) is 11.6 Å². The van der Waals surface area contributed by atoms with E-state index in [2.05, 4.69) is 20.3 Å². The maximum Gasteiger partial charge on any atom is 0.335 e. The van der Waals surface area contributed by atoms with Crippen LogP contribution in [0.3, 0.4) is 0 Å². The lowest BCUT2D eigenvalue weighted by Gasteiger charge is -2.07. The predicted octanol–water partition coefficient (Wildman–Crippen LogP) is 3.57. The summed E-state index contributed by atoms with van der Waals surface area (Å²) >= 11 is 1.59. The first kappa shape index (κ1) is 16.9. The molecule has 0 saturated heterocycles. The molecule has 126 valence electrons. The molecule has 0 aliphatic heterocycles. The van der Waals surface area contributed by atoms with E-state index in [0.29, 0.717) is 12.5 Å². The molecule has 0 bridgehead atoms. The Morgan fingerprint density at radius 1 is 1.12 bits per heavy atom. The van der Waals surface area contributed by atoms with Crippen LogP contribution in [-0.2, 0) is 6.54 Å². The zero-order valence-electron chi connectivity index (χ0n) is 13.5. The van der Waals surface area contributed by atoms with Gasteiger partial charge in [-0.25, -0.2) is 19.7 Å². The van der Waals surface area contributed by atoms with Gasteiger partial charge in [0.25, 0.3) is 0 Å². The Bertz CT molecular complexity index is 867. The van der Waals surface area contributed by atoms with Gasteiger partial charge >= 0.3 is 5.97 Å². The molecule has 7 heteroatoms. The molecule has 0 fully saturated rings. The molecular formula is C18H16N4O2S. The van der Waals surface area contributed by atoms with Crippen molar-refractivity contribution >= 4 is 23.7 Å². The molecule has 2 N–H and O–H groups in total. The number of benzene rings is 1. The van der Waals surface area contributed by atoms with E-state index in [0.717, 1.165) is 21.8 Å². The zero-order chi connectivity index (χ0) is 17.6. The van der Waals surface area contributed by atoms with Crippen LogP contribution in [0, 0.1) is 0 Å². The number of carbonyl (C=O) groups is 1. The molecule has 1 aromatic carbocycles. The van der Waals surface area contributed by atoms with Crippen molar-refractivity contribution in [2.75, 3.05) is 11.6 Å². The minimum atomic E-state index is -0.934. The van der Waals surface area contributed by atoms with E-state index in [4.69, 9.17) is 5.11 Å². The highest BCUT2D eigenvalue weighted by Crippen LogP contribution is 2.19. The maximum atomic E-state index is 10.9. The predicted molar refractivity (Wildman–Crippen MR) is 97.8 cm³/mol. The molecule has 6 nitrogen and oxygen atoms in total. The molecule has 0 spiro atoms. The van der Waals surface area contributed by atoms with Gasteiger partial charge in [0.1, 0.15) is 0 Å². The summed E-state index contributed by atoms with van der Waals surface area (Å²) in [7, 11) is 0. The summed E-state index contributed by atoms with van der Waals surface area (Å²) in [5.74, 6) is -0.426. The van der Waals surface area contributed by atoms with E-state index in [1.807, 2.05) is 24.5 Å². The van der Waals surface area contributed by atoms with Gasteiger partial charge in [0.15, 0.2) is 0 Å². The fourth-order valence-corrected chi connectivity index (χ4v) is 2.57. The van der Waals surface area contributed by atoms with E-state index in [-0.39, 0.29) is 5.56 Å². The standard InChI is InChI=1S/C18H16N4O2S/c1-25-16-7-6-14(11-20-16)15-8-9-19-18(22-15)21-10-12-2-4-13(5-3-12)17(23)24/h2-9,11H,10H2,1H3,(H,23,24)(H,19,21,22). The second kappa shape index (κ2) is 7.76. The smallest absolute Gasteiger partial charge is 0.335 e. The van der Waals surface area contributed by atoms with Crippen LogP contribution in [0.15, 0.2) is 59.9 Å². The number of aromatic nitrogens is 3. The highest BCUT2D eigenvalue weighted by molar-refractivity contribution is 7.98. The van der Waals surface area contributed by atoms with Crippen molar-refractivity contribution in [3.8, 4) is 11.3 Å². The van der Waals surface area contributed by atoms with Crippen LogP contribution in [0.4, 0.5) is 5.95 Å². The van der Waals surface area contributed by atoms with Crippen LogP contribution in [0.5, 0.6) is 0 Å². The lowest BCUT2D eigenvalue weighted by molar-refractivity contribution is 0.0697. The monoisotopic (exact) mass is 352 g/mol. The summed E-state index contributed by atoms with van der Waals surface area (Å²) in [5.41, 5.74) is 2.93. The Morgan fingerprint density at radius 2 is 1.92 bits per heavy atom. The first-order valence-corrected chi connectivity index (χ1v) is 8.78. The topological polar surface area (TPSA) is 88.0 Å². The number of hydrogen-bond donors (Lipinski definition) is 2. The summed E-state index contributed by atoms with van der Waals surface area (Å²) in [5, 5.41) is 13.0. The summed E-state index contributed by atoms with van der Waals surface area (Å²) in [4.78, 5) is 23.9. The lowest BCUT2D eigenvalue weighted by Crippen LogP contribution is -2.04. The molecule has 25 heavy (non-hydrogen) atoms. The van der Waals surface area contributed by atoms with Crippen molar-refractivity contribution in [2.24, 2.45) is 0 Å². The number of carboxylic acid groups (broad SMARTS) is 1. The van der Waals surface area contributed by atoms with Crippen LogP contribution in [0.25, 0.3) is 11.3 Å². The van der Waals surface area contributed by atoms with Gasteiger partial charge in [-0.2, -0.15) is 0 Å². The van der Waals surface area contributed by atoms with Gasteiger partial charge in [-0.15, -0.1) is 11.8 Å². The van der Waals surface area contributed by atoms with E-state index >= 15 is 0 Å². The van der Waals surface area contributed by atoms with Crippen LogP contribution >= 0.6 is 11.8 Å². The normalized spacial score (nSPS) is 10.4. The first-order valence-electron chi connectivity index (χ1n) is 7.55. The molecule has 2 aromatic heterocycles. The van der Waals surface area contributed by atoms with Crippen molar-refractivity contribution in [3.05, 3.63) is 66.0 Å². The third-order valence-electron chi connectivity index (χ3n) is 3.55. The minimum Gasteiger partial charge on any atom is -0.478 e. The van der Waals surface area contributed by atoms with Crippen LogP contribution < -0.4 is 5.32 Å². The number of anilines is 1. The molecule has 0 aliphatic rings. The number of carboxylic acids is 1. The Morgan fingerprint density at radius 3 is 2.56 bits per heavy atom. The molecule has 0 amide bonds. The summed E-state index contributed by atoms with van der Waals surface area (Å²) < 4.78 is 0. The summed E-state index contributed by atoms with van der Waals surface area (Å²) in [6.07, 6.45) is 5.47. The van der Waals surface area contributed by atoms with E-state index in [1.54, 1.807) is 48.4 Å². The van der Waals surface area contributed by atoms with Crippen LogP contribution in [0.2, 0.25) is 0 Å². The molecule has 0 unspecified atom stereocenters. The van der Waals surface area contributed by atoms with Gasteiger partial charge in [-0.3, -0.25) is 0 Å². The molecule has 3 rings (SSSR count). The number of nitrogens with zero attached hydrogens (tertiary/aromatic N) is 3. The van der Waals surface area contributed by atoms with Crippen molar-refractivity contribution in [3.63, 3.8) is 0 Å². The SMILES string of the molecule is CSc1ccc(-c2ccnc(NCc3ccc(C(=O)O)cc3)n2)cn1. The van der Waals surface area contributed by atoms with Gasteiger partial charge in [0.2, 0.25) is 5.95 Å². The third kappa shape index (κ3) is 4.33. The quantitative estimate of drug-likeness (QED) is 0.656. The van der Waals surface area contributed by atoms with E-state index in [1.165, 1.54) is 0 Å². The molecule has 3 aromatic rings. The average Bonchev–Trinajstić information content (AvgIpc) is 2.67. The number of aromatic carboxylic acids is 1. The molecular weight excluding hydrogens is 336 g/mol. The molecule has 2 heterocycles.